The second-order valence-electron chi connectivity index (χ2n) is 6.05. The first-order chi connectivity index (χ1) is 12.1. The van der Waals surface area contributed by atoms with Crippen molar-refractivity contribution in [2.75, 3.05) is 5.32 Å². The Morgan fingerprint density at radius 2 is 1.68 bits per heavy atom. The molecule has 2 aromatic carbocycles. The Kier molecular flexibility index (Phi) is 5.61. The van der Waals surface area contributed by atoms with E-state index in [-0.39, 0.29) is 5.91 Å². The zero-order valence-corrected chi connectivity index (χ0v) is 15.7. The number of nitrogens with zero attached hydrogens (tertiary/aromatic N) is 1. The summed E-state index contributed by atoms with van der Waals surface area (Å²) in [7, 11) is 0. The van der Waals surface area contributed by atoms with E-state index in [1.165, 1.54) is 11.1 Å². The number of aryl methyl sites for hydroxylation is 1. The number of rotatable bonds is 5. The van der Waals surface area contributed by atoms with Crippen LogP contribution in [0.5, 0.6) is 0 Å². The summed E-state index contributed by atoms with van der Waals surface area (Å²) in [6, 6.07) is 20.3. The van der Waals surface area contributed by atoms with Crippen molar-refractivity contribution < 1.29 is 9.36 Å². The Hall–Kier alpha value is -2.46. The largest absolute Gasteiger partial charge is 0.320 e. The smallest absolute Gasteiger partial charge is 0.290 e. The number of benzene rings is 2. The fourth-order valence-electron chi connectivity index (χ4n) is 2.67. The van der Waals surface area contributed by atoms with Gasteiger partial charge in [-0.2, -0.15) is 4.57 Å². The Morgan fingerprint density at radius 1 is 1.00 bits per heavy atom. The quantitative estimate of drug-likeness (QED) is 0.642. The first-order valence-electron chi connectivity index (χ1n) is 8.18. The van der Waals surface area contributed by atoms with E-state index in [0.29, 0.717) is 6.54 Å². The molecule has 126 valence electrons. The molecule has 0 aliphatic rings. The fourth-order valence-corrected chi connectivity index (χ4v) is 3.14. The Bertz CT molecular complexity index is 861. The summed E-state index contributed by atoms with van der Waals surface area (Å²) in [4.78, 5) is 12.3. The van der Waals surface area contributed by atoms with Gasteiger partial charge in [0.05, 0.1) is 0 Å². The first-order valence-corrected chi connectivity index (χ1v) is 8.97. The molecule has 0 unspecified atom stereocenters. The van der Waals surface area contributed by atoms with Crippen LogP contribution >= 0.6 is 15.9 Å². The van der Waals surface area contributed by atoms with E-state index in [0.717, 1.165) is 22.1 Å². The lowest BCUT2D eigenvalue weighted by atomic mass is 10.1. The maximum absolute atomic E-state index is 12.3. The van der Waals surface area contributed by atoms with Crippen LogP contribution in [0.4, 0.5) is 5.69 Å². The lowest BCUT2D eigenvalue weighted by molar-refractivity contribution is -0.684. The summed E-state index contributed by atoms with van der Waals surface area (Å²) in [5, 5.41) is 2.96. The van der Waals surface area contributed by atoms with Crippen molar-refractivity contribution in [1.29, 1.82) is 0 Å². The predicted octanol–water partition coefficient (Wildman–Crippen LogP) is 4.27. The Morgan fingerprint density at radius 3 is 2.36 bits per heavy atom. The van der Waals surface area contributed by atoms with E-state index in [2.05, 4.69) is 45.5 Å². The molecular weight excluding hydrogens is 376 g/mol. The summed E-state index contributed by atoms with van der Waals surface area (Å²) in [6.07, 6.45) is 4.80. The van der Waals surface area contributed by atoms with Crippen LogP contribution < -0.4 is 9.88 Å². The molecule has 1 amide bonds. The molecule has 25 heavy (non-hydrogen) atoms. The molecule has 1 heterocycles. The van der Waals surface area contributed by atoms with Gasteiger partial charge in [0, 0.05) is 22.3 Å². The monoisotopic (exact) mass is 395 g/mol. The first kappa shape index (κ1) is 17.4. The number of carbonyl (C=O) groups is 1. The molecule has 0 radical (unpaired) electrons. The van der Waals surface area contributed by atoms with Crippen molar-refractivity contribution >= 4 is 27.5 Å². The number of carbonyl (C=O) groups excluding carboxylic acids is 1. The molecule has 3 nitrogen and oxygen atoms in total. The van der Waals surface area contributed by atoms with Crippen LogP contribution in [0.1, 0.15) is 16.7 Å². The van der Waals surface area contributed by atoms with Crippen molar-refractivity contribution in [1.82, 2.24) is 0 Å². The second kappa shape index (κ2) is 8.08. The highest BCUT2D eigenvalue weighted by Gasteiger charge is 2.11. The van der Waals surface area contributed by atoms with Gasteiger partial charge >= 0.3 is 0 Å². The summed E-state index contributed by atoms with van der Waals surface area (Å²) < 4.78 is 2.89. The van der Waals surface area contributed by atoms with Gasteiger partial charge in [-0.05, 0) is 48.2 Å². The number of halogens is 1. The standard InChI is InChI=1S/C21H19BrN2O/c1-16-13-19(22)7-8-20(16)23-21(25)15-24-11-9-18(10-12-24)14-17-5-3-2-4-6-17/h2-13H,14-15H2,1H3/p+1. The number of pyridine rings is 1. The maximum Gasteiger partial charge on any atom is 0.290 e. The van der Waals surface area contributed by atoms with Gasteiger partial charge in [0.15, 0.2) is 12.4 Å². The SMILES string of the molecule is Cc1cc(Br)ccc1NC(=O)C[n+]1ccc(Cc2ccccc2)cc1. The van der Waals surface area contributed by atoms with Crippen LogP contribution in [0.2, 0.25) is 0 Å². The minimum atomic E-state index is -0.0359. The number of aromatic nitrogens is 1. The van der Waals surface area contributed by atoms with E-state index in [4.69, 9.17) is 0 Å². The van der Waals surface area contributed by atoms with Gasteiger partial charge in [0.1, 0.15) is 0 Å². The van der Waals surface area contributed by atoms with Gasteiger partial charge in [-0.25, -0.2) is 0 Å². The van der Waals surface area contributed by atoms with Crippen LogP contribution in [0.15, 0.2) is 77.5 Å². The molecule has 0 saturated carbocycles. The van der Waals surface area contributed by atoms with E-state index >= 15 is 0 Å². The van der Waals surface area contributed by atoms with E-state index < -0.39 is 0 Å². The highest BCUT2D eigenvalue weighted by molar-refractivity contribution is 9.10. The van der Waals surface area contributed by atoms with Crippen molar-refractivity contribution in [3.8, 4) is 0 Å². The predicted molar refractivity (Wildman–Crippen MR) is 103 cm³/mol. The van der Waals surface area contributed by atoms with Gasteiger partial charge in [-0.1, -0.05) is 46.3 Å². The van der Waals surface area contributed by atoms with Crippen molar-refractivity contribution in [3.05, 3.63) is 94.2 Å². The number of anilines is 1. The average molecular weight is 396 g/mol. The topological polar surface area (TPSA) is 33.0 Å². The molecule has 0 atom stereocenters. The van der Waals surface area contributed by atoms with E-state index in [1.807, 2.05) is 60.3 Å². The average Bonchev–Trinajstić information content (AvgIpc) is 2.60. The second-order valence-corrected chi connectivity index (χ2v) is 6.96. The minimum absolute atomic E-state index is 0.0359. The summed E-state index contributed by atoms with van der Waals surface area (Å²) >= 11 is 3.43. The zero-order chi connectivity index (χ0) is 17.6. The lowest BCUT2D eigenvalue weighted by Gasteiger charge is -2.07. The third-order valence-corrected chi connectivity index (χ3v) is 4.49. The third kappa shape index (κ3) is 5.00. The molecule has 4 heteroatoms. The van der Waals surface area contributed by atoms with Crippen LogP contribution in [0, 0.1) is 6.92 Å². The molecule has 0 saturated heterocycles. The van der Waals surface area contributed by atoms with Gasteiger partial charge < -0.3 is 5.32 Å². The van der Waals surface area contributed by atoms with Gasteiger partial charge in [0.25, 0.3) is 5.91 Å². The highest BCUT2D eigenvalue weighted by atomic mass is 79.9. The molecule has 3 aromatic rings. The fraction of sp³-hybridized carbons (Fsp3) is 0.143. The molecule has 0 fully saturated rings. The van der Waals surface area contributed by atoms with Gasteiger partial charge in [-0.15, -0.1) is 0 Å². The molecule has 1 aromatic heterocycles. The third-order valence-electron chi connectivity index (χ3n) is 4.00. The lowest BCUT2D eigenvalue weighted by Crippen LogP contribution is -2.39. The van der Waals surface area contributed by atoms with E-state index in [9.17, 15) is 4.79 Å². The van der Waals surface area contributed by atoms with Gasteiger partial charge in [-0.3, -0.25) is 4.79 Å². The van der Waals surface area contributed by atoms with E-state index in [1.54, 1.807) is 0 Å². The maximum atomic E-state index is 12.3. The number of amides is 1. The molecule has 0 aliphatic heterocycles. The molecule has 0 spiro atoms. The molecule has 3 rings (SSSR count). The van der Waals surface area contributed by atoms with Crippen LogP contribution in [-0.4, -0.2) is 5.91 Å². The Balaban J connectivity index is 1.60. The van der Waals surface area contributed by atoms with Crippen molar-refractivity contribution in [3.63, 3.8) is 0 Å². The molecule has 1 N–H and O–H groups in total. The number of hydrogen-bond donors (Lipinski definition) is 1. The summed E-state index contributed by atoms with van der Waals surface area (Å²) in [5.74, 6) is -0.0359. The molecular formula is C21H20BrN2O+. The summed E-state index contributed by atoms with van der Waals surface area (Å²) in [5.41, 5.74) is 4.38. The molecule has 0 bridgehead atoms. The Labute approximate surface area is 156 Å². The summed E-state index contributed by atoms with van der Waals surface area (Å²) in [6.45, 7) is 2.27. The van der Waals surface area contributed by atoms with Crippen molar-refractivity contribution in [2.24, 2.45) is 0 Å². The normalized spacial score (nSPS) is 10.5. The van der Waals surface area contributed by atoms with Crippen LogP contribution in [0.25, 0.3) is 0 Å². The zero-order valence-electron chi connectivity index (χ0n) is 14.1. The molecule has 0 aliphatic carbocycles. The van der Waals surface area contributed by atoms with Crippen LogP contribution in [0.3, 0.4) is 0 Å². The number of hydrogen-bond acceptors (Lipinski definition) is 1. The van der Waals surface area contributed by atoms with Gasteiger partial charge in [0.2, 0.25) is 6.54 Å². The minimum Gasteiger partial charge on any atom is -0.320 e. The van der Waals surface area contributed by atoms with Crippen molar-refractivity contribution in [2.45, 2.75) is 19.9 Å². The number of nitrogens with one attached hydrogen (secondary N) is 1. The highest BCUT2D eigenvalue weighted by Crippen LogP contribution is 2.19. The van der Waals surface area contributed by atoms with Crippen LogP contribution in [-0.2, 0) is 17.8 Å².